The summed E-state index contributed by atoms with van der Waals surface area (Å²) in [5.41, 5.74) is 1.20. The van der Waals surface area contributed by atoms with E-state index in [0.717, 1.165) is 83.0 Å². The number of carboxylic acids is 1. The SMILES string of the molecule is O=C(O)C(CCCCCCCC1C=CC2=CCCN=C2N1)NS(=O)(=O)CC1CCCCC1. The van der Waals surface area contributed by atoms with Crippen molar-refractivity contribution in [1.82, 2.24) is 10.0 Å². The number of rotatable bonds is 13. The van der Waals surface area contributed by atoms with Crippen molar-refractivity contribution in [3.63, 3.8) is 0 Å². The van der Waals surface area contributed by atoms with Crippen molar-refractivity contribution in [2.24, 2.45) is 10.9 Å². The van der Waals surface area contributed by atoms with Gasteiger partial charge in [-0.3, -0.25) is 9.79 Å². The molecule has 0 radical (unpaired) electrons. The van der Waals surface area contributed by atoms with Gasteiger partial charge in [0.25, 0.3) is 0 Å². The van der Waals surface area contributed by atoms with Crippen LogP contribution in [0.3, 0.4) is 0 Å². The Labute approximate surface area is 192 Å². The molecular weight excluding hydrogens is 426 g/mol. The maximum atomic E-state index is 12.4. The highest BCUT2D eigenvalue weighted by atomic mass is 32.2. The Morgan fingerprint density at radius 1 is 1.16 bits per heavy atom. The van der Waals surface area contributed by atoms with Gasteiger partial charge in [0.15, 0.2) is 0 Å². The molecule has 0 aromatic heterocycles. The van der Waals surface area contributed by atoms with Crippen LogP contribution in [0.15, 0.2) is 28.8 Å². The van der Waals surface area contributed by atoms with Crippen LogP contribution in [0.2, 0.25) is 0 Å². The molecule has 8 heteroatoms. The topological polar surface area (TPSA) is 108 Å². The van der Waals surface area contributed by atoms with Gasteiger partial charge in [-0.05, 0) is 38.0 Å². The van der Waals surface area contributed by atoms with Crippen LogP contribution in [0.25, 0.3) is 0 Å². The molecule has 32 heavy (non-hydrogen) atoms. The normalized spacial score (nSPS) is 22.4. The monoisotopic (exact) mass is 465 g/mol. The number of carbonyl (C=O) groups is 1. The third-order valence-corrected chi connectivity index (χ3v) is 8.23. The van der Waals surface area contributed by atoms with Crippen molar-refractivity contribution in [1.29, 1.82) is 0 Å². The quantitative estimate of drug-likeness (QED) is 0.357. The van der Waals surface area contributed by atoms with Gasteiger partial charge in [0.05, 0.1) is 5.75 Å². The summed E-state index contributed by atoms with van der Waals surface area (Å²) in [6.45, 7) is 0.862. The van der Waals surface area contributed by atoms with Gasteiger partial charge < -0.3 is 10.4 Å². The molecular formula is C24H39N3O4S. The minimum atomic E-state index is -3.56. The summed E-state index contributed by atoms with van der Waals surface area (Å²) in [6, 6.07) is -0.683. The van der Waals surface area contributed by atoms with Gasteiger partial charge in [-0.2, -0.15) is 0 Å². The van der Waals surface area contributed by atoms with E-state index in [1.165, 1.54) is 12.0 Å². The number of nitrogens with zero attached hydrogens (tertiary/aromatic N) is 1. The van der Waals surface area contributed by atoms with Gasteiger partial charge in [-0.15, -0.1) is 0 Å². The second kappa shape index (κ2) is 12.5. The smallest absolute Gasteiger partial charge is 0.321 e. The van der Waals surface area contributed by atoms with E-state index in [2.05, 4.69) is 33.3 Å². The molecule has 3 rings (SSSR count). The predicted molar refractivity (Wildman–Crippen MR) is 128 cm³/mol. The first-order chi connectivity index (χ1) is 15.4. The van der Waals surface area contributed by atoms with E-state index in [1.807, 2.05) is 0 Å². The number of carboxylic acid groups (broad SMARTS) is 1. The van der Waals surface area contributed by atoms with E-state index in [9.17, 15) is 18.3 Å². The average Bonchev–Trinajstić information content (AvgIpc) is 2.77. The van der Waals surface area contributed by atoms with Crippen molar-refractivity contribution in [2.75, 3.05) is 12.3 Å². The molecule has 1 aliphatic carbocycles. The van der Waals surface area contributed by atoms with Crippen LogP contribution in [0, 0.1) is 5.92 Å². The zero-order valence-corrected chi connectivity index (χ0v) is 19.9. The van der Waals surface area contributed by atoms with Gasteiger partial charge in [0.2, 0.25) is 10.0 Å². The Hall–Kier alpha value is -1.67. The Balaban J connectivity index is 1.29. The van der Waals surface area contributed by atoms with Crippen LogP contribution in [0.4, 0.5) is 0 Å². The molecule has 0 saturated heterocycles. The summed E-state index contributed by atoms with van der Waals surface area (Å²) in [5, 5.41) is 13.0. The van der Waals surface area contributed by atoms with Gasteiger partial charge in [-0.1, -0.05) is 69.6 Å². The summed E-state index contributed by atoms with van der Waals surface area (Å²) in [4.78, 5) is 16.1. The lowest BCUT2D eigenvalue weighted by Crippen LogP contribution is -2.43. The second-order valence-electron chi connectivity index (χ2n) is 9.43. The summed E-state index contributed by atoms with van der Waals surface area (Å²) in [7, 11) is -3.56. The van der Waals surface area contributed by atoms with Crippen LogP contribution in [0.1, 0.15) is 83.5 Å². The van der Waals surface area contributed by atoms with E-state index in [1.54, 1.807) is 0 Å². The molecule has 2 atom stereocenters. The number of hydrogen-bond acceptors (Lipinski definition) is 5. The zero-order chi connectivity index (χ0) is 22.8. The first-order valence-corrected chi connectivity index (χ1v) is 14.0. The van der Waals surface area contributed by atoms with Crippen molar-refractivity contribution in [3.8, 4) is 0 Å². The van der Waals surface area contributed by atoms with E-state index in [4.69, 9.17) is 0 Å². The fourth-order valence-electron chi connectivity index (χ4n) is 4.88. The molecule has 0 aromatic carbocycles. The molecule has 1 fully saturated rings. The van der Waals surface area contributed by atoms with E-state index in [-0.39, 0.29) is 11.7 Å². The zero-order valence-electron chi connectivity index (χ0n) is 19.1. The highest BCUT2D eigenvalue weighted by molar-refractivity contribution is 7.89. The number of sulfonamides is 1. The molecule has 0 amide bonds. The number of fused-ring (bicyclic) bond motifs is 1. The van der Waals surface area contributed by atoms with Crippen molar-refractivity contribution >= 4 is 21.8 Å². The maximum Gasteiger partial charge on any atom is 0.321 e. The highest BCUT2D eigenvalue weighted by Crippen LogP contribution is 2.25. The third kappa shape index (κ3) is 8.35. The van der Waals surface area contributed by atoms with Gasteiger partial charge >= 0.3 is 5.97 Å². The van der Waals surface area contributed by atoms with E-state index in [0.29, 0.717) is 12.5 Å². The molecule has 1 saturated carbocycles. The standard InChI is InChI=1S/C24H39N3O4S/c28-24(29)22(27-32(30,31)18-19-10-5-4-6-11-19)14-8-3-1-2-7-13-21-16-15-20-12-9-17-25-23(20)26-21/h12,15-16,19,21-22,27H,1-11,13-14,17-18H2,(H,25,26)(H,28,29). The lowest BCUT2D eigenvalue weighted by molar-refractivity contribution is -0.139. The molecule has 3 aliphatic rings. The number of unbranched alkanes of at least 4 members (excludes halogenated alkanes) is 4. The van der Waals surface area contributed by atoms with Gasteiger partial charge in [-0.25, -0.2) is 13.1 Å². The van der Waals surface area contributed by atoms with E-state index < -0.39 is 22.0 Å². The van der Waals surface area contributed by atoms with Crippen LogP contribution < -0.4 is 10.0 Å². The molecule has 0 aromatic rings. The first kappa shape index (κ1) is 25.0. The van der Waals surface area contributed by atoms with Crippen LogP contribution in [-0.4, -0.2) is 49.7 Å². The van der Waals surface area contributed by atoms with Crippen LogP contribution in [-0.2, 0) is 14.8 Å². The number of amidine groups is 1. The summed E-state index contributed by atoms with van der Waals surface area (Å²) in [5.74, 6) is 0.169. The molecule has 2 unspecified atom stereocenters. The number of dihydropyridines is 1. The lowest BCUT2D eigenvalue weighted by Gasteiger charge is -2.25. The molecule has 2 aliphatic heterocycles. The largest absolute Gasteiger partial charge is 0.480 e. The summed E-state index contributed by atoms with van der Waals surface area (Å²) < 4.78 is 27.3. The number of aliphatic carboxylic acids is 1. The van der Waals surface area contributed by atoms with Crippen molar-refractivity contribution < 1.29 is 18.3 Å². The van der Waals surface area contributed by atoms with Crippen LogP contribution in [0.5, 0.6) is 0 Å². The summed E-state index contributed by atoms with van der Waals surface area (Å²) >= 11 is 0. The number of nitrogens with one attached hydrogen (secondary N) is 2. The highest BCUT2D eigenvalue weighted by Gasteiger charge is 2.27. The minimum absolute atomic E-state index is 0.0597. The Kier molecular flexibility index (Phi) is 9.78. The fourth-order valence-corrected chi connectivity index (χ4v) is 6.58. The Morgan fingerprint density at radius 2 is 1.91 bits per heavy atom. The first-order valence-electron chi connectivity index (χ1n) is 12.4. The van der Waals surface area contributed by atoms with Crippen molar-refractivity contribution in [3.05, 3.63) is 23.8 Å². The molecule has 3 N–H and O–H groups in total. The molecule has 0 spiro atoms. The van der Waals surface area contributed by atoms with Crippen LogP contribution >= 0.6 is 0 Å². The molecule has 180 valence electrons. The maximum absolute atomic E-state index is 12.4. The minimum Gasteiger partial charge on any atom is -0.480 e. The summed E-state index contributed by atoms with van der Waals surface area (Å²) in [6.07, 6.45) is 19.1. The lowest BCUT2D eigenvalue weighted by atomic mass is 9.91. The van der Waals surface area contributed by atoms with Gasteiger partial charge in [0, 0.05) is 18.2 Å². The second-order valence-corrected chi connectivity index (χ2v) is 11.2. The number of aliphatic imine (C=N–C) groups is 1. The number of hydrogen-bond donors (Lipinski definition) is 3. The molecule has 7 nitrogen and oxygen atoms in total. The average molecular weight is 466 g/mol. The third-order valence-electron chi connectivity index (χ3n) is 6.67. The fraction of sp³-hybridized carbons (Fsp3) is 0.750. The Morgan fingerprint density at radius 3 is 2.69 bits per heavy atom. The van der Waals surface area contributed by atoms with Gasteiger partial charge in [0.1, 0.15) is 11.9 Å². The molecule has 0 bridgehead atoms. The predicted octanol–water partition coefficient (Wildman–Crippen LogP) is 3.93. The molecule has 2 heterocycles. The van der Waals surface area contributed by atoms with Crippen molar-refractivity contribution in [2.45, 2.75) is 95.6 Å². The Bertz CT molecular complexity index is 813. The van der Waals surface area contributed by atoms with E-state index >= 15 is 0 Å².